The van der Waals surface area contributed by atoms with Crippen molar-refractivity contribution in [3.05, 3.63) is 29.3 Å². The summed E-state index contributed by atoms with van der Waals surface area (Å²) >= 11 is 5.83. The zero-order valence-electron chi connectivity index (χ0n) is 10.3. The largest absolute Gasteiger partial charge is 0.484 e. The molecule has 2 unspecified atom stereocenters. The maximum absolute atomic E-state index is 11.9. The van der Waals surface area contributed by atoms with Crippen LogP contribution >= 0.6 is 11.6 Å². The molecule has 0 aromatic heterocycles. The van der Waals surface area contributed by atoms with Gasteiger partial charge in [0, 0.05) is 24.2 Å². The van der Waals surface area contributed by atoms with Crippen LogP contribution in [0.5, 0.6) is 5.75 Å². The average Bonchev–Trinajstić information content (AvgIpc) is 2.67. The van der Waals surface area contributed by atoms with Gasteiger partial charge in [0.2, 0.25) is 0 Å². The molecule has 1 fully saturated rings. The number of carbonyl (C=O) groups excluding carboxylic acids is 1. The summed E-state index contributed by atoms with van der Waals surface area (Å²) in [6.45, 7) is 3.40. The van der Waals surface area contributed by atoms with Crippen molar-refractivity contribution in [3.8, 4) is 5.75 Å². The number of halogens is 1. The van der Waals surface area contributed by atoms with Gasteiger partial charge in [-0.2, -0.15) is 0 Å². The number of amides is 1. The predicted molar refractivity (Wildman–Crippen MR) is 70.7 cm³/mol. The number of benzene rings is 1. The molecule has 4 nitrogen and oxygen atoms in total. The summed E-state index contributed by atoms with van der Waals surface area (Å²) in [6, 6.07) is 7.08. The smallest absolute Gasteiger partial charge is 0.260 e. The van der Waals surface area contributed by atoms with Crippen LogP contribution < -0.4 is 10.5 Å². The first kappa shape index (κ1) is 13.2. The van der Waals surface area contributed by atoms with E-state index < -0.39 is 0 Å². The Balaban J connectivity index is 1.85. The molecule has 1 aliphatic rings. The van der Waals surface area contributed by atoms with Gasteiger partial charge >= 0.3 is 0 Å². The third-order valence-corrected chi connectivity index (χ3v) is 3.42. The number of hydrogen-bond donors (Lipinski definition) is 1. The van der Waals surface area contributed by atoms with Gasteiger partial charge < -0.3 is 15.4 Å². The van der Waals surface area contributed by atoms with Crippen molar-refractivity contribution in [1.29, 1.82) is 0 Å². The highest BCUT2D eigenvalue weighted by Gasteiger charge is 2.29. The van der Waals surface area contributed by atoms with Crippen LogP contribution in [0.3, 0.4) is 0 Å². The lowest BCUT2D eigenvalue weighted by atomic mass is 10.1. The molecule has 1 aromatic carbocycles. The summed E-state index contributed by atoms with van der Waals surface area (Å²) in [5.41, 5.74) is 5.88. The van der Waals surface area contributed by atoms with Gasteiger partial charge in [-0.25, -0.2) is 0 Å². The van der Waals surface area contributed by atoms with Gasteiger partial charge in [-0.1, -0.05) is 24.6 Å². The van der Waals surface area contributed by atoms with Crippen LogP contribution in [0.1, 0.15) is 6.92 Å². The van der Waals surface area contributed by atoms with Crippen molar-refractivity contribution in [2.45, 2.75) is 13.0 Å². The summed E-state index contributed by atoms with van der Waals surface area (Å²) in [5.74, 6) is 0.919. The predicted octanol–water partition coefficient (Wildman–Crippen LogP) is 1.52. The van der Waals surface area contributed by atoms with Gasteiger partial charge in [-0.05, 0) is 24.1 Å². The molecule has 1 saturated heterocycles. The van der Waals surface area contributed by atoms with E-state index in [1.54, 1.807) is 29.2 Å². The lowest BCUT2D eigenvalue weighted by Crippen LogP contribution is -2.35. The molecule has 0 radical (unpaired) electrons. The fourth-order valence-corrected chi connectivity index (χ4v) is 2.17. The summed E-state index contributed by atoms with van der Waals surface area (Å²) < 4.78 is 5.42. The molecule has 0 aliphatic carbocycles. The molecule has 2 N–H and O–H groups in total. The molecular formula is C13H17ClN2O2. The topological polar surface area (TPSA) is 55.6 Å². The quantitative estimate of drug-likeness (QED) is 0.904. The normalized spacial score (nSPS) is 23.2. The number of nitrogens with two attached hydrogens (primary N) is 1. The minimum absolute atomic E-state index is 0.0276. The van der Waals surface area contributed by atoms with Gasteiger partial charge in [0.15, 0.2) is 6.61 Å². The van der Waals surface area contributed by atoms with Crippen LogP contribution in [0, 0.1) is 5.92 Å². The lowest BCUT2D eigenvalue weighted by molar-refractivity contribution is -0.132. The third-order valence-electron chi connectivity index (χ3n) is 3.18. The van der Waals surface area contributed by atoms with E-state index in [4.69, 9.17) is 22.1 Å². The summed E-state index contributed by atoms with van der Waals surface area (Å²) in [4.78, 5) is 13.7. The molecule has 1 heterocycles. The Bertz CT molecular complexity index is 429. The maximum Gasteiger partial charge on any atom is 0.260 e. The second-order valence-electron chi connectivity index (χ2n) is 4.69. The molecule has 5 heteroatoms. The molecule has 2 rings (SSSR count). The number of hydrogen-bond acceptors (Lipinski definition) is 3. The van der Waals surface area contributed by atoms with E-state index in [1.165, 1.54) is 0 Å². The highest BCUT2D eigenvalue weighted by atomic mass is 35.5. The molecule has 2 atom stereocenters. The first-order chi connectivity index (χ1) is 8.56. The monoisotopic (exact) mass is 268 g/mol. The second kappa shape index (κ2) is 5.59. The Labute approximate surface area is 112 Å². The maximum atomic E-state index is 11.9. The van der Waals surface area contributed by atoms with E-state index in [-0.39, 0.29) is 18.6 Å². The molecule has 1 aromatic rings. The van der Waals surface area contributed by atoms with Gasteiger partial charge in [-0.3, -0.25) is 4.79 Å². The van der Waals surface area contributed by atoms with E-state index >= 15 is 0 Å². The third kappa shape index (κ3) is 3.15. The van der Waals surface area contributed by atoms with Crippen LogP contribution in [-0.4, -0.2) is 36.5 Å². The first-order valence-electron chi connectivity index (χ1n) is 5.98. The molecule has 18 heavy (non-hydrogen) atoms. The first-order valence-corrected chi connectivity index (χ1v) is 6.36. The van der Waals surface area contributed by atoms with E-state index in [0.29, 0.717) is 29.8 Å². The molecule has 0 saturated carbocycles. The second-order valence-corrected chi connectivity index (χ2v) is 5.12. The number of nitrogens with zero attached hydrogens (tertiary/aromatic N) is 1. The zero-order valence-corrected chi connectivity index (χ0v) is 11.1. The summed E-state index contributed by atoms with van der Waals surface area (Å²) in [5, 5.41) is 0.594. The van der Waals surface area contributed by atoms with Gasteiger partial charge in [0.1, 0.15) is 5.75 Å². The van der Waals surface area contributed by atoms with E-state index in [2.05, 4.69) is 6.92 Å². The standard InChI is InChI=1S/C13H17ClN2O2/c1-9-6-16(7-12(9)15)13(17)8-18-11-4-2-3-10(14)5-11/h2-5,9,12H,6-8,15H2,1H3. The minimum Gasteiger partial charge on any atom is -0.484 e. The molecule has 0 bridgehead atoms. The van der Waals surface area contributed by atoms with E-state index in [0.717, 1.165) is 0 Å². The molecule has 0 spiro atoms. The Hall–Kier alpha value is -1.26. The molecule has 1 aliphatic heterocycles. The van der Waals surface area contributed by atoms with Crippen LogP contribution in [0.15, 0.2) is 24.3 Å². The molecule has 1 amide bonds. The average molecular weight is 269 g/mol. The van der Waals surface area contributed by atoms with E-state index in [9.17, 15) is 4.79 Å². The summed E-state index contributed by atoms with van der Waals surface area (Å²) in [7, 11) is 0. The van der Waals surface area contributed by atoms with Gasteiger partial charge in [0.05, 0.1) is 0 Å². The number of likely N-dealkylation sites (tertiary alicyclic amines) is 1. The molecule has 98 valence electrons. The highest BCUT2D eigenvalue weighted by Crippen LogP contribution is 2.18. The fourth-order valence-electron chi connectivity index (χ4n) is 1.99. The van der Waals surface area contributed by atoms with Gasteiger partial charge in [0.25, 0.3) is 5.91 Å². The Morgan fingerprint density at radius 1 is 1.56 bits per heavy atom. The van der Waals surface area contributed by atoms with Crippen molar-refractivity contribution < 1.29 is 9.53 Å². The van der Waals surface area contributed by atoms with Crippen LogP contribution in [-0.2, 0) is 4.79 Å². The minimum atomic E-state index is -0.0326. The van der Waals surface area contributed by atoms with Crippen molar-refractivity contribution in [1.82, 2.24) is 4.90 Å². The van der Waals surface area contributed by atoms with Crippen LogP contribution in [0.25, 0.3) is 0 Å². The van der Waals surface area contributed by atoms with Gasteiger partial charge in [-0.15, -0.1) is 0 Å². The highest BCUT2D eigenvalue weighted by molar-refractivity contribution is 6.30. The number of ether oxygens (including phenoxy) is 1. The zero-order chi connectivity index (χ0) is 13.1. The van der Waals surface area contributed by atoms with Crippen LogP contribution in [0.4, 0.5) is 0 Å². The lowest BCUT2D eigenvalue weighted by Gasteiger charge is -2.16. The van der Waals surface area contributed by atoms with Crippen molar-refractivity contribution >= 4 is 17.5 Å². The molecular weight excluding hydrogens is 252 g/mol. The fraction of sp³-hybridized carbons (Fsp3) is 0.462. The SMILES string of the molecule is CC1CN(C(=O)COc2cccc(Cl)c2)CC1N. The Kier molecular flexibility index (Phi) is 4.09. The van der Waals surface area contributed by atoms with Crippen molar-refractivity contribution in [2.24, 2.45) is 11.7 Å². The van der Waals surface area contributed by atoms with Crippen LogP contribution in [0.2, 0.25) is 5.02 Å². The number of carbonyl (C=O) groups is 1. The van der Waals surface area contributed by atoms with E-state index in [1.807, 2.05) is 0 Å². The summed E-state index contributed by atoms with van der Waals surface area (Å²) in [6.07, 6.45) is 0. The van der Waals surface area contributed by atoms with Crippen molar-refractivity contribution in [3.63, 3.8) is 0 Å². The Morgan fingerprint density at radius 2 is 2.33 bits per heavy atom. The van der Waals surface area contributed by atoms with Crippen molar-refractivity contribution in [2.75, 3.05) is 19.7 Å². The number of rotatable bonds is 3. The Morgan fingerprint density at radius 3 is 2.94 bits per heavy atom.